The first kappa shape index (κ1) is 19.4. The van der Waals surface area contributed by atoms with Crippen LogP contribution >= 0.6 is 0 Å². The number of nitrogens with zero attached hydrogens (tertiary/aromatic N) is 5. The van der Waals surface area contributed by atoms with Gasteiger partial charge in [0.15, 0.2) is 5.82 Å². The Morgan fingerprint density at radius 2 is 1.77 bits per heavy atom. The number of anilines is 2. The lowest BCUT2D eigenvalue weighted by molar-refractivity contribution is 0.199. The van der Waals surface area contributed by atoms with Crippen LogP contribution in [0.3, 0.4) is 0 Å². The van der Waals surface area contributed by atoms with Crippen molar-refractivity contribution in [1.29, 1.82) is 0 Å². The molecule has 4 rings (SSSR count). The number of carbonyl (C=O) groups is 1. The molecule has 8 nitrogen and oxygen atoms in total. The molecule has 8 heteroatoms. The summed E-state index contributed by atoms with van der Waals surface area (Å²) in [6.07, 6.45) is 2.17. The third-order valence-corrected chi connectivity index (χ3v) is 4.77. The van der Waals surface area contributed by atoms with E-state index in [4.69, 9.17) is 0 Å². The Kier molecular flexibility index (Phi) is 5.30. The molecule has 2 aromatic heterocycles. The predicted molar refractivity (Wildman–Crippen MR) is 116 cm³/mol. The average Bonchev–Trinajstić information content (AvgIpc) is 3.17. The highest BCUT2D eigenvalue weighted by Gasteiger charge is 2.24. The number of benzene rings is 2. The minimum Gasteiger partial charge on any atom is -0.465 e. The Bertz CT molecular complexity index is 1160. The highest BCUT2D eigenvalue weighted by atomic mass is 16.4. The van der Waals surface area contributed by atoms with Crippen molar-refractivity contribution in [1.82, 2.24) is 19.6 Å². The molecular formula is C22H22N6O2. The molecule has 4 aromatic rings. The minimum absolute atomic E-state index is 0.241. The third kappa shape index (κ3) is 3.80. The lowest BCUT2D eigenvalue weighted by Crippen LogP contribution is -2.37. The summed E-state index contributed by atoms with van der Waals surface area (Å²) in [6.45, 7) is 4.13. The topological polar surface area (TPSA) is 95.7 Å². The van der Waals surface area contributed by atoms with Crippen LogP contribution in [0.25, 0.3) is 16.8 Å². The van der Waals surface area contributed by atoms with E-state index in [1.165, 1.54) is 10.5 Å². The molecule has 0 radical (unpaired) electrons. The molecule has 0 fully saturated rings. The number of hydrogen-bond acceptors (Lipinski definition) is 5. The van der Waals surface area contributed by atoms with Gasteiger partial charge in [0.25, 0.3) is 0 Å². The van der Waals surface area contributed by atoms with Crippen molar-refractivity contribution in [2.24, 2.45) is 0 Å². The van der Waals surface area contributed by atoms with E-state index in [-0.39, 0.29) is 12.0 Å². The van der Waals surface area contributed by atoms with Gasteiger partial charge in [-0.2, -0.15) is 0 Å². The van der Waals surface area contributed by atoms with Crippen molar-refractivity contribution in [3.05, 3.63) is 72.6 Å². The predicted octanol–water partition coefficient (Wildman–Crippen LogP) is 4.30. The van der Waals surface area contributed by atoms with E-state index in [1.54, 1.807) is 30.6 Å². The molecule has 0 saturated heterocycles. The van der Waals surface area contributed by atoms with Gasteiger partial charge in [-0.25, -0.2) is 14.7 Å². The molecule has 2 aromatic carbocycles. The molecule has 0 aliphatic rings. The maximum atomic E-state index is 11.6. The number of carboxylic acid groups (broad SMARTS) is 1. The zero-order valence-corrected chi connectivity index (χ0v) is 16.7. The van der Waals surface area contributed by atoms with Gasteiger partial charge in [0.05, 0.1) is 0 Å². The summed E-state index contributed by atoms with van der Waals surface area (Å²) in [7, 11) is 0. The Hall–Kier alpha value is -3.94. The normalized spacial score (nSPS) is 11.0. The zero-order chi connectivity index (χ0) is 21.1. The summed E-state index contributed by atoms with van der Waals surface area (Å²) in [5.74, 6) is 0.780. The Morgan fingerprint density at radius 3 is 2.43 bits per heavy atom. The van der Waals surface area contributed by atoms with Crippen molar-refractivity contribution in [3.63, 3.8) is 0 Å². The van der Waals surface area contributed by atoms with Crippen LogP contribution in [-0.2, 0) is 6.54 Å². The first-order valence-electron chi connectivity index (χ1n) is 9.64. The molecule has 152 valence electrons. The smallest absolute Gasteiger partial charge is 0.414 e. The van der Waals surface area contributed by atoms with Gasteiger partial charge in [-0.05, 0) is 30.5 Å². The van der Waals surface area contributed by atoms with Gasteiger partial charge in [-0.3, -0.25) is 4.40 Å². The summed E-state index contributed by atoms with van der Waals surface area (Å²) in [5, 5.41) is 21.0. The summed E-state index contributed by atoms with van der Waals surface area (Å²) in [5.41, 5.74) is 3.89. The van der Waals surface area contributed by atoms with Crippen LogP contribution in [0.1, 0.15) is 19.4 Å². The van der Waals surface area contributed by atoms with E-state index >= 15 is 0 Å². The second-order valence-corrected chi connectivity index (χ2v) is 7.13. The molecule has 0 spiro atoms. The molecule has 0 bridgehead atoms. The van der Waals surface area contributed by atoms with Gasteiger partial charge >= 0.3 is 6.09 Å². The standard InChI is InChI=1S/C22H22N6O2/c1-15(2)28(22(29)30)21-26-25-20-19(23-12-13-27(20)21)24-14-16-8-10-18(11-9-16)17-6-4-3-5-7-17/h3-13,15H,14H2,1-2H3,(H,23,24)(H,29,30). The maximum Gasteiger partial charge on any atom is 0.414 e. The molecule has 2 N–H and O–H groups in total. The summed E-state index contributed by atoms with van der Waals surface area (Å²) in [6, 6.07) is 18.2. The van der Waals surface area contributed by atoms with Crippen molar-refractivity contribution < 1.29 is 9.90 Å². The average molecular weight is 402 g/mol. The Balaban J connectivity index is 1.54. The summed E-state index contributed by atoms with van der Waals surface area (Å²) < 4.78 is 1.63. The number of rotatable bonds is 6. The number of fused-ring (bicyclic) bond motifs is 1. The number of hydrogen-bond donors (Lipinski definition) is 2. The van der Waals surface area contributed by atoms with E-state index in [1.807, 2.05) is 18.2 Å². The van der Waals surface area contributed by atoms with Crippen molar-refractivity contribution in [2.45, 2.75) is 26.4 Å². The van der Waals surface area contributed by atoms with Crippen molar-refractivity contribution in [3.8, 4) is 11.1 Å². The van der Waals surface area contributed by atoms with Gasteiger partial charge in [0.1, 0.15) is 0 Å². The van der Waals surface area contributed by atoms with Crippen LogP contribution in [0.15, 0.2) is 67.0 Å². The second kappa shape index (κ2) is 8.20. The molecule has 2 heterocycles. The fourth-order valence-electron chi connectivity index (χ4n) is 3.27. The lowest BCUT2D eigenvalue weighted by atomic mass is 10.0. The van der Waals surface area contributed by atoms with E-state index in [0.29, 0.717) is 18.0 Å². The SMILES string of the molecule is CC(C)N(C(=O)O)c1nnc2c(NCc3ccc(-c4ccccc4)cc3)nccn12. The first-order valence-corrected chi connectivity index (χ1v) is 9.64. The Morgan fingerprint density at radius 1 is 1.07 bits per heavy atom. The molecule has 0 aliphatic carbocycles. The van der Waals surface area contributed by atoms with Gasteiger partial charge in [-0.1, -0.05) is 54.6 Å². The molecule has 1 amide bonds. The van der Waals surface area contributed by atoms with Gasteiger partial charge < -0.3 is 10.4 Å². The molecule has 30 heavy (non-hydrogen) atoms. The largest absolute Gasteiger partial charge is 0.465 e. The molecule has 0 unspecified atom stereocenters. The second-order valence-electron chi connectivity index (χ2n) is 7.13. The molecule has 0 atom stereocenters. The molecular weight excluding hydrogens is 380 g/mol. The van der Waals surface area contributed by atoms with Crippen molar-refractivity contribution in [2.75, 3.05) is 10.2 Å². The highest BCUT2D eigenvalue weighted by Crippen LogP contribution is 2.22. The fourth-order valence-corrected chi connectivity index (χ4v) is 3.27. The molecule has 0 aliphatic heterocycles. The lowest BCUT2D eigenvalue weighted by Gasteiger charge is -2.20. The third-order valence-electron chi connectivity index (χ3n) is 4.77. The van der Waals surface area contributed by atoms with Crippen molar-refractivity contribution >= 4 is 23.5 Å². The summed E-state index contributed by atoms with van der Waals surface area (Å²) in [4.78, 5) is 17.1. The number of nitrogens with one attached hydrogen (secondary N) is 1. The van der Waals surface area contributed by atoms with E-state index in [2.05, 4.69) is 56.9 Å². The maximum absolute atomic E-state index is 11.6. The van der Waals surface area contributed by atoms with Crippen LogP contribution in [0, 0.1) is 0 Å². The number of aromatic nitrogens is 4. The first-order chi connectivity index (χ1) is 14.5. The fraction of sp³-hybridized carbons (Fsp3) is 0.182. The Labute approximate surface area is 173 Å². The number of amides is 1. The van der Waals surface area contributed by atoms with E-state index in [0.717, 1.165) is 11.1 Å². The van der Waals surface area contributed by atoms with Crippen LogP contribution in [0.4, 0.5) is 16.6 Å². The zero-order valence-electron chi connectivity index (χ0n) is 16.7. The van der Waals surface area contributed by atoms with E-state index in [9.17, 15) is 9.90 Å². The van der Waals surface area contributed by atoms with Crippen LogP contribution in [-0.4, -0.2) is 36.8 Å². The van der Waals surface area contributed by atoms with Crippen LogP contribution in [0.2, 0.25) is 0 Å². The van der Waals surface area contributed by atoms with Crippen LogP contribution in [0.5, 0.6) is 0 Å². The monoisotopic (exact) mass is 402 g/mol. The quantitative estimate of drug-likeness (QED) is 0.499. The summed E-state index contributed by atoms with van der Waals surface area (Å²) >= 11 is 0. The minimum atomic E-state index is -1.08. The van der Waals surface area contributed by atoms with E-state index < -0.39 is 6.09 Å². The van der Waals surface area contributed by atoms with Gasteiger partial charge in [0, 0.05) is 25.0 Å². The highest BCUT2D eigenvalue weighted by molar-refractivity contribution is 5.85. The molecule has 0 saturated carbocycles. The van der Waals surface area contributed by atoms with Gasteiger partial charge in [0.2, 0.25) is 11.6 Å². The van der Waals surface area contributed by atoms with Crippen LogP contribution < -0.4 is 10.2 Å². The van der Waals surface area contributed by atoms with Gasteiger partial charge in [-0.15, -0.1) is 10.2 Å².